The Morgan fingerprint density at radius 3 is 2.60 bits per heavy atom. The van der Waals surface area contributed by atoms with Crippen molar-refractivity contribution in [3.05, 3.63) is 11.6 Å². The molecule has 0 fully saturated rings. The number of hydrogen-bond acceptors (Lipinski definition) is 1. The van der Waals surface area contributed by atoms with E-state index in [-0.39, 0.29) is 0 Å². The molecule has 0 aliphatic rings. The van der Waals surface area contributed by atoms with Gasteiger partial charge in [-0.05, 0) is 26.3 Å². The zero-order chi connectivity index (χ0) is 7.82. The first kappa shape index (κ1) is 9.41. The summed E-state index contributed by atoms with van der Waals surface area (Å²) in [5.74, 6) is 0. The van der Waals surface area contributed by atoms with Gasteiger partial charge >= 0.3 is 0 Å². The second-order valence-electron chi connectivity index (χ2n) is 2.65. The average Bonchev–Trinajstić information content (AvgIpc) is 1.87. The Hall–Kier alpha value is -0.590. The smallest absolute Gasteiger partial charge is 0.0389 e. The minimum Gasteiger partial charge on any atom is -0.293 e. The fourth-order valence-corrected chi connectivity index (χ4v) is 0.526. The summed E-state index contributed by atoms with van der Waals surface area (Å²) in [4.78, 5) is 4.20. The summed E-state index contributed by atoms with van der Waals surface area (Å²) in [6.45, 7) is 7.30. The van der Waals surface area contributed by atoms with Crippen molar-refractivity contribution in [2.24, 2.45) is 4.99 Å². The maximum absolute atomic E-state index is 4.20. The lowest BCUT2D eigenvalue weighted by Gasteiger charge is -1.87. The van der Waals surface area contributed by atoms with Crippen LogP contribution in [-0.2, 0) is 0 Å². The van der Waals surface area contributed by atoms with E-state index in [2.05, 4.69) is 25.8 Å². The molecule has 0 atom stereocenters. The molecule has 0 heterocycles. The molecule has 0 rings (SSSR count). The Morgan fingerprint density at radius 1 is 1.40 bits per heavy atom. The van der Waals surface area contributed by atoms with Crippen molar-refractivity contribution >= 4 is 6.21 Å². The van der Waals surface area contributed by atoms with Crippen LogP contribution in [0.25, 0.3) is 0 Å². The zero-order valence-corrected chi connectivity index (χ0v) is 7.22. The van der Waals surface area contributed by atoms with E-state index in [0.29, 0.717) is 0 Å². The largest absolute Gasteiger partial charge is 0.293 e. The van der Waals surface area contributed by atoms with Crippen molar-refractivity contribution in [2.75, 3.05) is 6.54 Å². The first-order chi connectivity index (χ1) is 4.77. The number of hydrogen-bond donors (Lipinski definition) is 0. The Bertz CT molecular complexity index is 119. The summed E-state index contributed by atoms with van der Waals surface area (Å²) in [6.07, 6.45) is 6.36. The summed E-state index contributed by atoms with van der Waals surface area (Å²) in [5, 5.41) is 0. The molecule has 0 saturated heterocycles. The van der Waals surface area contributed by atoms with E-state index in [4.69, 9.17) is 0 Å². The molecule has 1 nitrogen and oxygen atoms in total. The van der Waals surface area contributed by atoms with Crippen LogP contribution in [0.4, 0.5) is 0 Å². The van der Waals surface area contributed by atoms with Crippen LogP contribution in [0.5, 0.6) is 0 Å². The molecular formula is C9H17N. The predicted octanol–water partition coefficient (Wildman–Crippen LogP) is 2.82. The van der Waals surface area contributed by atoms with E-state index < -0.39 is 0 Å². The molecule has 0 N–H and O–H groups in total. The van der Waals surface area contributed by atoms with Crippen molar-refractivity contribution in [2.45, 2.75) is 33.6 Å². The third kappa shape index (κ3) is 7.41. The highest BCUT2D eigenvalue weighted by Crippen LogP contribution is 1.87. The van der Waals surface area contributed by atoms with E-state index in [1.165, 1.54) is 18.4 Å². The van der Waals surface area contributed by atoms with E-state index in [1.54, 1.807) is 0 Å². The van der Waals surface area contributed by atoms with Crippen LogP contribution < -0.4 is 0 Å². The van der Waals surface area contributed by atoms with Crippen molar-refractivity contribution in [3.8, 4) is 0 Å². The van der Waals surface area contributed by atoms with Gasteiger partial charge in [-0.2, -0.15) is 0 Å². The molecule has 0 aliphatic heterocycles. The molecule has 0 bridgehead atoms. The molecule has 0 saturated carbocycles. The molecular weight excluding hydrogens is 122 g/mol. The third-order valence-electron chi connectivity index (χ3n) is 1.15. The minimum atomic E-state index is 0.972. The van der Waals surface area contributed by atoms with E-state index in [0.717, 1.165) is 6.54 Å². The van der Waals surface area contributed by atoms with Crippen LogP contribution in [0, 0.1) is 0 Å². The van der Waals surface area contributed by atoms with Crippen molar-refractivity contribution in [3.63, 3.8) is 0 Å². The summed E-state index contributed by atoms with van der Waals surface area (Å²) < 4.78 is 0. The van der Waals surface area contributed by atoms with Gasteiger partial charge in [0.15, 0.2) is 0 Å². The number of rotatable bonds is 4. The van der Waals surface area contributed by atoms with Crippen LogP contribution >= 0.6 is 0 Å². The standard InChI is InChI=1S/C9H17N/c1-4-5-7-10-8-6-9(2)3/h6,8H,4-5,7H2,1-3H3. The monoisotopic (exact) mass is 139 g/mol. The second kappa shape index (κ2) is 6.53. The number of allylic oxidation sites excluding steroid dienone is 2. The average molecular weight is 139 g/mol. The van der Waals surface area contributed by atoms with Gasteiger partial charge in [-0.3, -0.25) is 4.99 Å². The van der Waals surface area contributed by atoms with Crippen molar-refractivity contribution < 1.29 is 0 Å². The molecule has 0 radical (unpaired) electrons. The van der Waals surface area contributed by atoms with Crippen LogP contribution in [0.3, 0.4) is 0 Å². The third-order valence-corrected chi connectivity index (χ3v) is 1.15. The summed E-state index contributed by atoms with van der Waals surface area (Å²) in [6, 6.07) is 0. The molecule has 58 valence electrons. The zero-order valence-electron chi connectivity index (χ0n) is 7.22. The van der Waals surface area contributed by atoms with Gasteiger partial charge in [0.25, 0.3) is 0 Å². The van der Waals surface area contributed by atoms with Gasteiger partial charge in [-0.1, -0.05) is 18.9 Å². The Morgan fingerprint density at radius 2 is 2.10 bits per heavy atom. The normalized spacial score (nSPS) is 10.3. The molecule has 0 aromatic rings. The second-order valence-corrected chi connectivity index (χ2v) is 2.65. The molecule has 0 amide bonds. The molecule has 0 spiro atoms. The minimum absolute atomic E-state index is 0.972. The summed E-state index contributed by atoms with van der Waals surface area (Å²) in [7, 11) is 0. The lowest BCUT2D eigenvalue weighted by molar-refractivity contribution is 0.810. The topological polar surface area (TPSA) is 12.4 Å². The molecule has 10 heavy (non-hydrogen) atoms. The van der Waals surface area contributed by atoms with Gasteiger partial charge in [0.05, 0.1) is 0 Å². The van der Waals surface area contributed by atoms with Gasteiger partial charge in [-0.25, -0.2) is 0 Å². The maximum atomic E-state index is 4.20. The van der Waals surface area contributed by atoms with E-state index >= 15 is 0 Å². The highest BCUT2D eigenvalue weighted by molar-refractivity contribution is 5.71. The van der Waals surface area contributed by atoms with Crippen LogP contribution in [0.1, 0.15) is 33.6 Å². The molecule has 1 heteroatoms. The highest BCUT2D eigenvalue weighted by atomic mass is 14.7. The SMILES string of the molecule is CCCCN=CC=C(C)C. The first-order valence-electron chi connectivity index (χ1n) is 3.90. The maximum Gasteiger partial charge on any atom is 0.0389 e. The lowest BCUT2D eigenvalue weighted by atomic mass is 10.3. The van der Waals surface area contributed by atoms with Crippen molar-refractivity contribution in [1.29, 1.82) is 0 Å². The number of unbranched alkanes of at least 4 members (excludes halogenated alkanes) is 1. The molecule has 0 aromatic carbocycles. The first-order valence-corrected chi connectivity index (χ1v) is 3.90. The molecule has 0 aromatic heterocycles. The van der Waals surface area contributed by atoms with Crippen molar-refractivity contribution in [1.82, 2.24) is 0 Å². The lowest BCUT2D eigenvalue weighted by Crippen LogP contribution is -1.78. The van der Waals surface area contributed by atoms with Gasteiger partial charge in [0.2, 0.25) is 0 Å². The van der Waals surface area contributed by atoms with Gasteiger partial charge < -0.3 is 0 Å². The van der Waals surface area contributed by atoms with Gasteiger partial charge in [-0.15, -0.1) is 0 Å². The predicted molar refractivity (Wildman–Crippen MR) is 47.7 cm³/mol. The number of aliphatic imine (C=N–C) groups is 1. The number of nitrogens with zero attached hydrogens (tertiary/aromatic N) is 1. The van der Waals surface area contributed by atoms with E-state index in [9.17, 15) is 0 Å². The Labute approximate surface area is 63.9 Å². The van der Waals surface area contributed by atoms with Gasteiger partial charge in [0, 0.05) is 12.8 Å². The van der Waals surface area contributed by atoms with Gasteiger partial charge in [0.1, 0.15) is 0 Å². The Kier molecular flexibility index (Phi) is 6.14. The quantitative estimate of drug-likeness (QED) is 0.419. The highest BCUT2D eigenvalue weighted by Gasteiger charge is 1.76. The summed E-state index contributed by atoms with van der Waals surface area (Å²) in [5.41, 5.74) is 1.31. The fourth-order valence-electron chi connectivity index (χ4n) is 0.526. The van der Waals surface area contributed by atoms with E-state index in [1.807, 2.05) is 12.3 Å². The van der Waals surface area contributed by atoms with Crippen LogP contribution in [-0.4, -0.2) is 12.8 Å². The summed E-state index contributed by atoms with van der Waals surface area (Å²) >= 11 is 0. The van der Waals surface area contributed by atoms with Crippen LogP contribution in [0.2, 0.25) is 0 Å². The molecule has 0 unspecified atom stereocenters. The fraction of sp³-hybridized carbons (Fsp3) is 0.667. The van der Waals surface area contributed by atoms with Crippen LogP contribution in [0.15, 0.2) is 16.6 Å². The Balaban J connectivity index is 3.29. The molecule has 0 aliphatic carbocycles.